The number of carbonyl (C=O) groups excluding carboxylic acids is 1. The molecule has 2 aromatic rings. The zero-order chi connectivity index (χ0) is 13.2. The van der Waals surface area contributed by atoms with Crippen molar-refractivity contribution in [2.24, 2.45) is 0 Å². The number of likely N-dealkylation sites (N-methyl/N-ethyl adjacent to an activating group) is 1. The fourth-order valence-electron chi connectivity index (χ4n) is 2.40. The molecule has 1 aliphatic heterocycles. The van der Waals surface area contributed by atoms with Gasteiger partial charge in [-0.15, -0.1) is 0 Å². The predicted molar refractivity (Wildman–Crippen MR) is 72.6 cm³/mol. The van der Waals surface area contributed by atoms with Crippen LogP contribution in [0, 0.1) is 0 Å². The Hall–Kier alpha value is -2.30. The number of hydrogen-bond donors (Lipinski definition) is 2. The number of fused-ring (bicyclic) bond motifs is 1. The van der Waals surface area contributed by atoms with Crippen molar-refractivity contribution in [1.29, 1.82) is 0 Å². The van der Waals surface area contributed by atoms with Crippen LogP contribution in [0.1, 0.15) is 11.4 Å². The van der Waals surface area contributed by atoms with Gasteiger partial charge in [0.1, 0.15) is 11.9 Å². The summed E-state index contributed by atoms with van der Waals surface area (Å²) >= 11 is 0. The second kappa shape index (κ2) is 4.76. The first-order valence-electron chi connectivity index (χ1n) is 6.32. The van der Waals surface area contributed by atoms with E-state index in [4.69, 9.17) is 0 Å². The fourth-order valence-corrected chi connectivity index (χ4v) is 2.40. The van der Waals surface area contributed by atoms with E-state index >= 15 is 0 Å². The van der Waals surface area contributed by atoms with E-state index in [0.29, 0.717) is 6.54 Å². The smallest absolute Gasteiger partial charge is 0.245 e. The molecule has 98 valence electrons. The molecule has 0 radical (unpaired) electrons. The summed E-state index contributed by atoms with van der Waals surface area (Å²) in [6.45, 7) is 0.500. The molecule has 1 aromatic carbocycles. The number of para-hydroxylation sites is 1. The third-order valence-corrected chi connectivity index (χ3v) is 3.39. The number of anilines is 1. The van der Waals surface area contributed by atoms with Crippen molar-refractivity contribution in [3.05, 3.63) is 48.0 Å². The molecule has 5 heteroatoms. The summed E-state index contributed by atoms with van der Waals surface area (Å²) in [6, 6.07) is 7.88. The highest BCUT2D eigenvalue weighted by Crippen LogP contribution is 2.25. The van der Waals surface area contributed by atoms with Gasteiger partial charge < -0.3 is 15.2 Å². The quantitative estimate of drug-likeness (QED) is 0.872. The second-order valence-electron chi connectivity index (χ2n) is 4.79. The lowest BCUT2D eigenvalue weighted by atomic mass is 10.1. The van der Waals surface area contributed by atoms with E-state index < -0.39 is 0 Å². The molecule has 1 aromatic heterocycles. The average molecular weight is 256 g/mol. The highest BCUT2D eigenvalue weighted by atomic mass is 16.2. The first-order valence-corrected chi connectivity index (χ1v) is 6.32. The molecule has 0 saturated heterocycles. The van der Waals surface area contributed by atoms with Crippen LogP contribution in [0.25, 0.3) is 0 Å². The number of benzene rings is 1. The molecule has 0 saturated carbocycles. The van der Waals surface area contributed by atoms with Gasteiger partial charge in [0.05, 0.1) is 6.54 Å². The molecule has 1 aliphatic rings. The van der Waals surface area contributed by atoms with Crippen LogP contribution in [0.4, 0.5) is 5.69 Å². The van der Waals surface area contributed by atoms with E-state index in [9.17, 15) is 4.79 Å². The maximum absolute atomic E-state index is 12.4. The summed E-state index contributed by atoms with van der Waals surface area (Å²) in [7, 11) is 1.80. The molecular weight excluding hydrogens is 240 g/mol. The first-order chi connectivity index (χ1) is 9.24. The van der Waals surface area contributed by atoms with Gasteiger partial charge in [0.15, 0.2) is 0 Å². The lowest BCUT2D eigenvalue weighted by molar-refractivity contribution is -0.131. The van der Waals surface area contributed by atoms with Crippen LogP contribution >= 0.6 is 0 Å². The van der Waals surface area contributed by atoms with E-state index in [2.05, 4.69) is 21.4 Å². The minimum absolute atomic E-state index is 0.0904. The minimum atomic E-state index is -0.169. The van der Waals surface area contributed by atoms with Gasteiger partial charge >= 0.3 is 0 Å². The van der Waals surface area contributed by atoms with Gasteiger partial charge in [-0.2, -0.15) is 0 Å². The Morgan fingerprint density at radius 1 is 1.47 bits per heavy atom. The number of aromatic nitrogens is 2. The van der Waals surface area contributed by atoms with Gasteiger partial charge in [-0.25, -0.2) is 4.98 Å². The SMILES string of the molecule is CN(Cc1ncc[nH]1)C(=O)C1Cc2ccccc2N1. The number of carbonyl (C=O) groups is 1. The lowest BCUT2D eigenvalue weighted by Crippen LogP contribution is -2.39. The summed E-state index contributed by atoms with van der Waals surface area (Å²) in [4.78, 5) is 21.2. The van der Waals surface area contributed by atoms with Gasteiger partial charge in [0.2, 0.25) is 5.91 Å². The van der Waals surface area contributed by atoms with Gasteiger partial charge in [-0.1, -0.05) is 18.2 Å². The van der Waals surface area contributed by atoms with E-state index in [1.54, 1.807) is 24.3 Å². The first kappa shape index (κ1) is 11.8. The predicted octanol–water partition coefficient (Wildman–Crippen LogP) is 1.40. The van der Waals surface area contributed by atoms with Crippen molar-refractivity contribution in [3.8, 4) is 0 Å². The molecule has 1 unspecified atom stereocenters. The summed E-state index contributed by atoms with van der Waals surface area (Å²) in [6.07, 6.45) is 4.20. The van der Waals surface area contributed by atoms with Crippen LogP contribution < -0.4 is 5.32 Å². The Morgan fingerprint density at radius 2 is 2.32 bits per heavy atom. The average Bonchev–Trinajstić information content (AvgIpc) is 3.05. The molecule has 5 nitrogen and oxygen atoms in total. The number of hydrogen-bond acceptors (Lipinski definition) is 3. The number of nitrogens with one attached hydrogen (secondary N) is 2. The largest absolute Gasteiger partial charge is 0.373 e. The van der Waals surface area contributed by atoms with Crippen LogP contribution in [0.15, 0.2) is 36.7 Å². The zero-order valence-corrected chi connectivity index (χ0v) is 10.8. The fraction of sp³-hybridized carbons (Fsp3) is 0.286. The van der Waals surface area contributed by atoms with Crippen molar-refractivity contribution in [3.63, 3.8) is 0 Å². The highest BCUT2D eigenvalue weighted by molar-refractivity contribution is 5.87. The van der Waals surface area contributed by atoms with Crippen LogP contribution in [0.5, 0.6) is 0 Å². The van der Waals surface area contributed by atoms with Crippen LogP contribution in [0.2, 0.25) is 0 Å². The molecule has 0 spiro atoms. The molecule has 0 fully saturated rings. The molecule has 2 heterocycles. The number of H-pyrrole nitrogens is 1. The number of imidazole rings is 1. The molecule has 3 rings (SSSR count). The molecule has 2 N–H and O–H groups in total. The van der Waals surface area contributed by atoms with E-state index in [0.717, 1.165) is 17.9 Å². The van der Waals surface area contributed by atoms with Crippen LogP contribution in [0.3, 0.4) is 0 Å². The van der Waals surface area contributed by atoms with Crippen molar-refractivity contribution < 1.29 is 4.79 Å². The second-order valence-corrected chi connectivity index (χ2v) is 4.79. The number of amides is 1. The monoisotopic (exact) mass is 256 g/mol. The Balaban J connectivity index is 1.66. The maximum Gasteiger partial charge on any atom is 0.245 e. The molecule has 1 atom stereocenters. The zero-order valence-electron chi connectivity index (χ0n) is 10.8. The minimum Gasteiger partial charge on any atom is -0.373 e. The Kier molecular flexibility index (Phi) is 2.95. The number of aromatic amines is 1. The van der Waals surface area contributed by atoms with E-state index in [-0.39, 0.29) is 11.9 Å². The number of rotatable bonds is 3. The van der Waals surface area contributed by atoms with E-state index in [1.165, 1.54) is 5.56 Å². The highest BCUT2D eigenvalue weighted by Gasteiger charge is 2.28. The van der Waals surface area contributed by atoms with Gasteiger partial charge in [-0.05, 0) is 11.6 Å². The molecular formula is C14H16N4O. The molecule has 19 heavy (non-hydrogen) atoms. The topological polar surface area (TPSA) is 61.0 Å². The van der Waals surface area contributed by atoms with Crippen molar-refractivity contribution in [1.82, 2.24) is 14.9 Å². The van der Waals surface area contributed by atoms with Crippen molar-refractivity contribution >= 4 is 11.6 Å². The molecule has 1 amide bonds. The summed E-state index contributed by atoms with van der Waals surface area (Å²) in [5.74, 6) is 0.888. The Morgan fingerprint density at radius 3 is 3.05 bits per heavy atom. The summed E-state index contributed by atoms with van der Waals surface area (Å²) in [5, 5.41) is 3.27. The number of nitrogens with zero attached hydrogens (tertiary/aromatic N) is 2. The summed E-state index contributed by atoms with van der Waals surface area (Å²) < 4.78 is 0. The van der Waals surface area contributed by atoms with Gasteiger partial charge in [-0.3, -0.25) is 4.79 Å². The van der Waals surface area contributed by atoms with Crippen molar-refractivity contribution in [2.45, 2.75) is 19.0 Å². The Bertz CT molecular complexity index is 554. The third kappa shape index (κ3) is 2.31. The normalized spacial score (nSPS) is 16.8. The van der Waals surface area contributed by atoms with Gasteiger partial charge in [0, 0.05) is 31.5 Å². The standard InChI is InChI=1S/C14H16N4O/c1-18(9-13-15-6-7-16-13)14(19)12-8-10-4-2-3-5-11(10)17-12/h2-7,12,17H,8-9H2,1H3,(H,15,16). The van der Waals surface area contributed by atoms with Crippen molar-refractivity contribution in [2.75, 3.05) is 12.4 Å². The molecule has 0 bridgehead atoms. The summed E-state index contributed by atoms with van der Waals surface area (Å²) in [5.41, 5.74) is 2.26. The van der Waals surface area contributed by atoms with E-state index in [1.807, 2.05) is 18.2 Å². The third-order valence-electron chi connectivity index (χ3n) is 3.39. The molecule has 0 aliphatic carbocycles. The van der Waals surface area contributed by atoms with Crippen LogP contribution in [-0.2, 0) is 17.8 Å². The maximum atomic E-state index is 12.4. The Labute approximate surface area is 111 Å². The van der Waals surface area contributed by atoms with Gasteiger partial charge in [0.25, 0.3) is 0 Å². The van der Waals surface area contributed by atoms with Crippen LogP contribution in [-0.4, -0.2) is 33.9 Å². The lowest BCUT2D eigenvalue weighted by Gasteiger charge is -2.20.